The van der Waals surface area contributed by atoms with E-state index in [1.54, 1.807) is 11.8 Å². The quantitative estimate of drug-likeness (QED) is 0.837. The molecule has 106 valence electrons. The fraction of sp³-hybridized carbons (Fsp3) is 0.438. The number of likely N-dealkylation sites (tertiary alicyclic amines) is 1. The minimum atomic E-state index is -0.846. The Kier molecular flexibility index (Phi) is 2.70. The molecule has 3 rings (SSSR count). The highest BCUT2D eigenvalue weighted by atomic mass is 16.3. The highest BCUT2D eigenvalue weighted by molar-refractivity contribution is 5.98. The number of β-amino-alcohol motifs (C(OH)–C–C–N with tert-alkyl or cyclic N) is 1. The van der Waals surface area contributed by atoms with Gasteiger partial charge in [0.2, 0.25) is 0 Å². The molecule has 1 aromatic heterocycles. The Labute approximate surface area is 118 Å². The van der Waals surface area contributed by atoms with Crippen molar-refractivity contribution >= 4 is 16.8 Å². The average molecular weight is 272 g/mol. The van der Waals surface area contributed by atoms with Crippen LogP contribution in [0.5, 0.6) is 0 Å². The minimum Gasteiger partial charge on any atom is -0.388 e. The number of fused-ring (bicyclic) bond motifs is 1. The molecule has 4 nitrogen and oxygen atoms in total. The Bertz CT molecular complexity index is 654. The molecule has 1 aromatic carbocycles. The van der Waals surface area contributed by atoms with E-state index in [1.807, 2.05) is 44.3 Å². The zero-order chi connectivity index (χ0) is 14.5. The monoisotopic (exact) mass is 272 g/mol. The fourth-order valence-electron chi connectivity index (χ4n) is 2.80. The zero-order valence-electron chi connectivity index (χ0n) is 12.1. The lowest BCUT2D eigenvalue weighted by molar-refractivity contribution is -0.0108. The Hall–Kier alpha value is -1.81. The molecule has 1 aliphatic rings. The van der Waals surface area contributed by atoms with Gasteiger partial charge in [0.1, 0.15) is 0 Å². The van der Waals surface area contributed by atoms with E-state index >= 15 is 0 Å². The fourth-order valence-corrected chi connectivity index (χ4v) is 2.80. The number of aromatic amines is 1. The summed E-state index contributed by atoms with van der Waals surface area (Å²) in [6.45, 7) is 6.74. The summed E-state index contributed by atoms with van der Waals surface area (Å²) in [6.07, 6.45) is 1.86. The summed E-state index contributed by atoms with van der Waals surface area (Å²) in [7, 11) is 0. The number of rotatable bonds is 1. The average Bonchev–Trinajstić information content (AvgIpc) is 2.90. The van der Waals surface area contributed by atoms with Crippen molar-refractivity contribution in [2.45, 2.75) is 26.4 Å². The minimum absolute atomic E-state index is 0.0149. The van der Waals surface area contributed by atoms with Crippen LogP contribution in [0.15, 0.2) is 30.5 Å². The van der Waals surface area contributed by atoms with Gasteiger partial charge in [-0.25, -0.2) is 0 Å². The van der Waals surface area contributed by atoms with Gasteiger partial charge in [0.15, 0.2) is 0 Å². The summed E-state index contributed by atoms with van der Waals surface area (Å²) in [5.41, 5.74) is 0.558. The lowest BCUT2D eigenvalue weighted by Crippen LogP contribution is -2.40. The third kappa shape index (κ3) is 1.91. The van der Waals surface area contributed by atoms with Gasteiger partial charge in [-0.3, -0.25) is 4.79 Å². The molecule has 1 atom stereocenters. The molecule has 1 saturated heterocycles. The van der Waals surface area contributed by atoms with Crippen molar-refractivity contribution in [1.29, 1.82) is 0 Å². The summed E-state index contributed by atoms with van der Waals surface area (Å²) >= 11 is 0. The number of aromatic nitrogens is 1. The van der Waals surface area contributed by atoms with E-state index in [2.05, 4.69) is 4.98 Å². The molecular weight excluding hydrogens is 252 g/mol. The standard InChI is InChI=1S/C16H20N2O2/c1-15(2)9-18(10-16(15,3)20)14(19)12-4-5-13-11(8-12)6-7-17-13/h4-8,17,20H,9-10H2,1-3H3/t16-/m1/s1. The van der Waals surface area contributed by atoms with E-state index in [0.717, 1.165) is 10.9 Å². The van der Waals surface area contributed by atoms with Gasteiger partial charge in [-0.2, -0.15) is 0 Å². The molecule has 2 heterocycles. The molecule has 1 fully saturated rings. The van der Waals surface area contributed by atoms with E-state index in [9.17, 15) is 9.90 Å². The Morgan fingerprint density at radius 1 is 1.25 bits per heavy atom. The van der Waals surface area contributed by atoms with Crippen LogP contribution < -0.4 is 0 Å². The third-order valence-electron chi connectivity index (χ3n) is 4.63. The summed E-state index contributed by atoms with van der Waals surface area (Å²) in [5, 5.41) is 11.5. The highest BCUT2D eigenvalue weighted by Crippen LogP contribution is 2.38. The molecule has 0 spiro atoms. The first-order chi connectivity index (χ1) is 9.30. The van der Waals surface area contributed by atoms with Crippen molar-refractivity contribution in [3.63, 3.8) is 0 Å². The van der Waals surface area contributed by atoms with Crippen LogP contribution in [0.2, 0.25) is 0 Å². The van der Waals surface area contributed by atoms with Crippen LogP contribution >= 0.6 is 0 Å². The van der Waals surface area contributed by atoms with Crippen LogP contribution in [-0.2, 0) is 0 Å². The van der Waals surface area contributed by atoms with Gasteiger partial charge in [-0.15, -0.1) is 0 Å². The second-order valence-corrected chi connectivity index (χ2v) is 6.60. The van der Waals surface area contributed by atoms with Gasteiger partial charge in [-0.1, -0.05) is 13.8 Å². The van der Waals surface area contributed by atoms with Gasteiger partial charge in [0, 0.05) is 34.6 Å². The van der Waals surface area contributed by atoms with Crippen LogP contribution in [0.25, 0.3) is 10.9 Å². The highest BCUT2D eigenvalue weighted by Gasteiger charge is 2.49. The smallest absolute Gasteiger partial charge is 0.253 e. The Morgan fingerprint density at radius 2 is 2.00 bits per heavy atom. The second-order valence-electron chi connectivity index (χ2n) is 6.60. The maximum atomic E-state index is 12.6. The number of nitrogens with zero attached hydrogens (tertiary/aromatic N) is 1. The molecule has 0 saturated carbocycles. The molecule has 1 aliphatic heterocycles. The number of nitrogens with one attached hydrogen (secondary N) is 1. The summed E-state index contributed by atoms with van der Waals surface area (Å²) in [4.78, 5) is 17.5. The van der Waals surface area contributed by atoms with Gasteiger partial charge >= 0.3 is 0 Å². The van der Waals surface area contributed by atoms with Crippen molar-refractivity contribution < 1.29 is 9.90 Å². The zero-order valence-corrected chi connectivity index (χ0v) is 12.1. The van der Waals surface area contributed by atoms with Crippen molar-refractivity contribution in [1.82, 2.24) is 9.88 Å². The SMILES string of the molecule is CC1(C)CN(C(=O)c2ccc3[nH]ccc3c2)C[C@@]1(C)O. The van der Waals surface area contributed by atoms with Gasteiger partial charge in [-0.05, 0) is 31.2 Å². The van der Waals surface area contributed by atoms with Crippen LogP contribution in [0.3, 0.4) is 0 Å². The molecule has 0 radical (unpaired) electrons. The molecular formula is C16H20N2O2. The van der Waals surface area contributed by atoms with Crippen molar-refractivity contribution in [2.24, 2.45) is 5.41 Å². The number of H-pyrrole nitrogens is 1. The molecule has 2 N–H and O–H groups in total. The van der Waals surface area contributed by atoms with Gasteiger partial charge in [0.25, 0.3) is 5.91 Å². The Morgan fingerprint density at radius 3 is 2.65 bits per heavy atom. The number of carbonyl (C=O) groups is 1. The summed E-state index contributed by atoms with van der Waals surface area (Å²) < 4.78 is 0. The van der Waals surface area contributed by atoms with E-state index < -0.39 is 5.60 Å². The molecule has 20 heavy (non-hydrogen) atoms. The Balaban J connectivity index is 1.90. The van der Waals surface area contributed by atoms with Crippen LogP contribution in [-0.4, -0.2) is 39.6 Å². The van der Waals surface area contributed by atoms with Crippen LogP contribution in [0.1, 0.15) is 31.1 Å². The number of benzene rings is 1. The van der Waals surface area contributed by atoms with E-state index in [-0.39, 0.29) is 11.3 Å². The molecule has 4 heteroatoms. The van der Waals surface area contributed by atoms with Gasteiger partial charge in [0.05, 0.1) is 12.1 Å². The first kappa shape index (κ1) is 13.2. The molecule has 2 aromatic rings. The number of amides is 1. The van der Waals surface area contributed by atoms with Crippen LogP contribution in [0.4, 0.5) is 0 Å². The summed E-state index contributed by atoms with van der Waals surface area (Å²) in [6, 6.07) is 7.60. The van der Waals surface area contributed by atoms with Crippen LogP contribution in [0, 0.1) is 5.41 Å². The number of hydrogen-bond donors (Lipinski definition) is 2. The van der Waals surface area contributed by atoms with Crippen molar-refractivity contribution in [2.75, 3.05) is 13.1 Å². The van der Waals surface area contributed by atoms with Crippen molar-refractivity contribution in [3.05, 3.63) is 36.0 Å². The predicted molar refractivity (Wildman–Crippen MR) is 78.6 cm³/mol. The van der Waals surface area contributed by atoms with Crippen molar-refractivity contribution in [3.8, 4) is 0 Å². The number of hydrogen-bond acceptors (Lipinski definition) is 2. The lowest BCUT2D eigenvalue weighted by Gasteiger charge is -2.30. The van der Waals surface area contributed by atoms with Gasteiger partial charge < -0.3 is 15.0 Å². The molecule has 0 aliphatic carbocycles. The summed E-state index contributed by atoms with van der Waals surface area (Å²) in [5.74, 6) is -0.0149. The maximum absolute atomic E-state index is 12.6. The lowest BCUT2D eigenvalue weighted by atomic mass is 9.79. The maximum Gasteiger partial charge on any atom is 0.253 e. The number of carbonyl (C=O) groups excluding carboxylic acids is 1. The predicted octanol–water partition coefficient (Wildman–Crippen LogP) is 2.40. The third-order valence-corrected chi connectivity index (χ3v) is 4.63. The van der Waals surface area contributed by atoms with E-state index in [4.69, 9.17) is 0 Å². The second kappa shape index (κ2) is 4.09. The van der Waals surface area contributed by atoms with E-state index in [0.29, 0.717) is 18.7 Å². The topological polar surface area (TPSA) is 56.3 Å². The first-order valence-electron chi connectivity index (χ1n) is 6.89. The van der Waals surface area contributed by atoms with E-state index in [1.165, 1.54) is 0 Å². The first-order valence-corrected chi connectivity index (χ1v) is 6.89. The number of aliphatic hydroxyl groups is 1. The normalized spacial score (nSPS) is 25.3. The molecule has 0 bridgehead atoms. The molecule has 0 unspecified atom stereocenters. The molecule has 1 amide bonds. The largest absolute Gasteiger partial charge is 0.388 e.